The number of rotatable bonds is 1. The minimum Gasteiger partial charge on any atom is -0.310 e. The smallest absolute Gasteiger partial charge is 0.0277 e. The van der Waals surface area contributed by atoms with Gasteiger partial charge in [-0.3, -0.25) is 0 Å². The monoisotopic (exact) mass is 193 g/mol. The quantitative estimate of drug-likeness (QED) is 0.631. The molecule has 1 N–H and O–H groups in total. The molecular formula is C13H23N. The minimum atomic E-state index is 0.588. The molecule has 0 radical (unpaired) electrons. The van der Waals surface area contributed by atoms with Gasteiger partial charge in [0.15, 0.2) is 0 Å². The van der Waals surface area contributed by atoms with Gasteiger partial charge in [0.2, 0.25) is 0 Å². The predicted molar refractivity (Wildman–Crippen MR) is 61.3 cm³/mol. The van der Waals surface area contributed by atoms with E-state index in [0.29, 0.717) is 11.5 Å². The van der Waals surface area contributed by atoms with E-state index in [1.165, 1.54) is 44.2 Å². The number of nitrogens with one attached hydrogen (secondary N) is 1. The van der Waals surface area contributed by atoms with Crippen molar-refractivity contribution in [1.29, 1.82) is 0 Å². The molecule has 2 rings (SSSR count). The molecular weight excluding hydrogens is 170 g/mol. The first kappa shape index (κ1) is 10.2. The van der Waals surface area contributed by atoms with Crippen molar-refractivity contribution in [2.45, 2.75) is 52.0 Å². The Morgan fingerprint density at radius 3 is 2.93 bits per heavy atom. The number of fused-ring (bicyclic) bond motifs is 1. The molecule has 2 unspecified atom stereocenters. The largest absolute Gasteiger partial charge is 0.310 e. The van der Waals surface area contributed by atoms with Gasteiger partial charge in [-0.15, -0.1) is 0 Å². The van der Waals surface area contributed by atoms with Crippen LogP contribution in [0.2, 0.25) is 0 Å². The Morgan fingerprint density at radius 2 is 2.21 bits per heavy atom. The van der Waals surface area contributed by atoms with Crippen molar-refractivity contribution >= 4 is 0 Å². The maximum Gasteiger partial charge on any atom is 0.0277 e. The molecule has 0 aromatic rings. The number of piperidine rings is 1. The second-order valence-electron chi connectivity index (χ2n) is 5.61. The van der Waals surface area contributed by atoms with Crippen LogP contribution in [0.15, 0.2) is 12.2 Å². The molecule has 1 nitrogen and oxygen atoms in total. The minimum absolute atomic E-state index is 0.588. The summed E-state index contributed by atoms with van der Waals surface area (Å²) in [4.78, 5) is 0. The lowest BCUT2D eigenvalue weighted by atomic mass is 9.63. The zero-order chi connectivity index (χ0) is 10.2. The molecule has 0 bridgehead atoms. The molecule has 1 aliphatic carbocycles. The molecule has 2 aliphatic rings. The lowest BCUT2D eigenvalue weighted by molar-refractivity contribution is 0.0653. The highest BCUT2D eigenvalue weighted by molar-refractivity contribution is 5.07. The maximum absolute atomic E-state index is 4.08. The van der Waals surface area contributed by atoms with E-state index in [0.717, 1.165) is 5.92 Å². The zero-order valence-electron chi connectivity index (χ0n) is 9.60. The molecule has 0 amide bonds. The van der Waals surface area contributed by atoms with Crippen molar-refractivity contribution in [2.75, 3.05) is 6.54 Å². The molecule has 0 aromatic carbocycles. The fraction of sp³-hybridized carbons (Fsp3) is 0.846. The third-order valence-corrected chi connectivity index (χ3v) is 4.40. The summed E-state index contributed by atoms with van der Waals surface area (Å²) in [6, 6.07) is 0.589. The lowest BCUT2D eigenvalue weighted by Crippen LogP contribution is -2.51. The van der Waals surface area contributed by atoms with Gasteiger partial charge in [0.25, 0.3) is 0 Å². The summed E-state index contributed by atoms with van der Waals surface area (Å²) in [5.41, 5.74) is 1.90. The topological polar surface area (TPSA) is 12.0 Å². The van der Waals surface area contributed by atoms with Gasteiger partial charge < -0.3 is 5.32 Å². The molecule has 1 saturated heterocycles. The van der Waals surface area contributed by atoms with Crippen molar-refractivity contribution in [2.24, 2.45) is 11.3 Å². The Labute approximate surface area is 88.0 Å². The van der Waals surface area contributed by atoms with E-state index in [4.69, 9.17) is 0 Å². The molecule has 1 aliphatic heterocycles. The average Bonchev–Trinajstić information content (AvgIpc) is 2.16. The SMILES string of the molecule is C=C(C)[C@@H]1CC2CCCCC2(C)CN1. The van der Waals surface area contributed by atoms with Gasteiger partial charge in [-0.25, -0.2) is 0 Å². The van der Waals surface area contributed by atoms with Crippen LogP contribution >= 0.6 is 0 Å². The van der Waals surface area contributed by atoms with Crippen LogP contribution in [-0.4, -0.2) is 12.6 Å². The standard InChI is InChI=1S/C13H23N/c1-10(2)12-8-11-6-4-5-7-13(11,3)9-14-12/h11-12,14H,1,4-9H2,2-3H3/t11?,12-,13?/m0/s1. The summed E-state index contributed by atoms with van der Waals surface area (Å²) in [5.74, 6) is 0.944. The Kier molecular flexibility index (Phi) is 2.70. The highest BCUT2D eigenvalue weighted by Crippen LogP contribution is 2.45. The summed E-state index contributed by atoms with van der Waals surface area (Å²) in [7, 11) is 0. The summed E-state index contributed by atoms with van der Waals surface area (Å²) >= 11 is 0. The van der Waals surface area contributed by atoms with E-state index in [2.05, 4.69) is 25.7 Å². The predicted octanol–water partition coefficient (Wildman–Crippen LogP) is 3.12. The molecule has 1 saturated carbocycles. The third-order valence-electron chi connectivity index (χ3n) is 4.40. The summed E-state index contributed by atoms with van der Waals surface area (Å²) in [5, 5.41) is 3.66. The van der Waals surface area contributed by atoms with Crippen LogP contribution < -0.4 is 5.32 Å². The number of hydrogen-bond donors (Lipinski definition) is 1. The second-order valence-corrected chi connectivity index (χ2v) is 5.61. The van der Waals surface area contributed by atoms with Crippen LogP contribution in [-0.2, 0) is 0 Å². The van der Waals surface area contributed by atoms with Crippen LogP contribution in [0.4, 0.5) is 0 Å². The molecule has 1 heterocycles. The van der Waals surface area contributed by atoms with Gasteiger partial charge in [-0.2, -0.15) is 0 Å². The molecule has 1 heteroatoms. The summed E-state index contributed by atoms with van der Waals surface area (Å²) in [6.07, 6.45) is 7.08. The van der Waals surface area contributed by atoms with Crippen LogP contribution in [0.5, 0.6) is 0 Å². The molecule has 0 aromatic heterocycles. The van der Waals surface area contributed by atoms with E-state index in [-0.39, 0.29) is 0 Å². The van der Waals surface area contributed by atoms with Crippen LogP contribution in [0.1, 0.15) is 46.0 Å². The maximum atomic E-state index is 4.08. The normalized spacial score (nSPS) is 43.0. The first-order chi connectivity index (χ1) is 6.62. The van der Waals surface area contributed by atoms with Crippen molar-refractivity contribution in [3.63, 3.8) is 0 Å². The van der Waals surface area contributed by atoms with Crippen LogP contribution in [0.3, 0.4) is 0 Å². The van der Waals surface area contributed by atoms with E-state index < -0.39 is 0 Å². The van der Waals surface area contributed by atoms with Crippen LogP contribution in [0.25, 0.3) is 0 Å². The van der Waals surface area contributed by atoms with E-state index in [1.54, 1.807) is 0 Å². The fourth-order valence-electron chi connectivity index (χ4n) is 3.21. The van der Waals surface area contributed by atoms with E-state index in [9.17, 15) is 0 Å². The fourth-order valence-corrected chi connectivity index (χ4v) is 3.21. The van der Waals surface area contributed by atoms with Gasteiger partial charge in [-0.05, 0) is 37.5 Å². The highest BCUT2D eigenvalue weighted by atomic mass is 14.9. The molecule has 14 heavy (non-hydrogen) atoms. The lowest BCUT2D eigenvalue weighted by Gasteiger charge is -2.48. The van der Waals surface area contributed by atoms with Crippen molar-refractivity contribution in [3.8, 4) is 0 Å². The summed E-state index contributed by atoms with van der Waals surface area (Å²) in [6.45, 7) is 9.91. The van der Waals surface area contributed by atoms with E-state index >= 15 is 0 Å². The zero-order valence-corrected chi connectivity index (χ0v) is 9.60. The Balaban J connectivity index is 2.05. The van der Waals surface area contributed by atoms with Crippen LogP contribution in [0, 0.1) is 11.3 Å². The Hall–Kier alpha value is -0.300. The Morgan fingerprint density at radius 1 is 1.43 bits per heavy atom. The highest BCUT2D eigenvalue weighted by Gasteiger charge is 2.40. The van der Waals surface area contributed by atoms with Gasteiger partial charge in [-0.1, -0.05) is 31.9 Å². The van der Waals surface area contributed by atoms with Crippen molar-refractivity contribution in [1.82, 2.24) is 5.32 Å². The summed E-state index contributed by atoms with van der Waals surface area (Å²) < 4.78 is 0. The van der Waals surface area contributed by atoms with Gasteiger partial charge in [0.1, 0.15) is 0 Å². The van der Waals surface area contributed by atoms with Crippen molar-refractivity contribution in [3.05, 3.63) is 12.2 Å². The second kappa shape index (κ2) is 3.69. The Bertz CT molecular complexity index is 233. The molecule has 2 fully saturated rings. The van der Waals surface area contributed by atoms with Gasteiger partial charge in [0, 0.05) is 12.6 Å². The molecule has 0 spiro atoms. The van der Waals surface area contributed by atoms with Crippen molar-refractivity contribution < 1.29 is 0 Å². The van der Waals surface area contributed by atoms with Gasteiger partial charge >= 0.3 is 0 Å². The number of hydrogen-bond acceptors (Lipinski definition) is 1. The first-order valence-electron chi connectivity index (χ1n) is 6.00. The average molecular weight is 193 g/mol. The molecule has 80 valence electrons. The first-order valence-corrected chi connectivity index (χ1v) is 6.00. The third kappa shape index (κ3) is 1.75. The van der Waals surface area contributed by atoms with Gasteiger partial charge in [0.05, 0.1) is 0 Å². The van der Waals surface area contributed by atoms with E-state index in [1.807, 2.05) is 0 Å². The molecule has 3 atom stereocenters.